The molecule has 1 saturated carbocycles. The Labute approximate surface area is 219 Å². The molecule has 1 heterocycles. The molecule has 1 saturated heterocycles. The van der Waals surface area contributed by atoms with Crippen molar-refractivity contribution >= 4 is 17.6 Å². The van der Waals surface area contributed by atoms with Gasteiger partial charge in [0, 0.05) is 29.3 Å². The zero-order valence-electron chi connectivity index (χ0n) is 21.7. The fraction of sp³-hybridized carbons (Fsp3) is 0.484. The zero-order chi connectivity index (χ0) is 25.8. The van der Waals surface area contributed by atoms with E-state index >= 15 is 0 Å². The number of esters is 1. The molecule has 0 radical (unpaired) electrons. The van der Waals surface area contributed by atoms with Crippen LogP contribution in [0.1, 0.15) is 62.1 Å². The first-order valence-electron chi connectivity index (χ1n) is 13.8. The SMILES string of the molecule is CCOC(=O)/C=C\C(=O)Nc1ccccc1CCCN1CC[C@]23CCCC[C@H]2[C@H]1Cc1ccc(O)cc13. The number of carbonyl (C=O) groups is 2. The maximum atomic E-state index is 12.3. The van der Waals surface area contributed by atoms with Crippen LogP contribution in [0.25, 0.3) is 0 Å². The fourth-order valence-electron chi connectivity index (χ4n) is 7.19. The number of rotatable bonds is 8. The number of phenols is 1. The number of anilines is 1. The Morgan fingerprint density at radius 2 is 2.03 bits per heavy atom. The number of ether oxygens (including phenoxy) is 1. The molecule has 0 aromatic heterocycles. The van der Waals surface area contributed by atoms with E-state index in [2.05, 4.69) is 28.4 Å². The lowest BCUT2D eigenvalue weighted by Gasteiger charge is -2.59. The molecule has 2 fully saturated rings. The van der Waals surface area contributed by atoms with Crippen LogP contribution in [-0.4, -0.2) is 47.6 Å². The van der Waals surface area contributed by atoms with Crippen molar-refractivity contribution in [3.05, 3.63) is 71.3 Å². The Kier molecular flexibility index (Phi) is 7.65. The number of piperidine rings is 1. The molecule has 196 valence electrons. The Morgan fingerprint density at radius 1 is 1.16 bits per heavy atom. The number of hydrogen-bond donors (Lipinski definition) is 2. The third-order valence-electron chi connectivity index (χ3n) is 8.76. The zero-order valence-corrected chi connectivity index (χ0v) is 21.7. The van der Waals surface area contributed by atoms with Gasteiger partial charge in [0.15, 0.2) is 0 Å². The smallest absolute Gasteiger partial charge is 0.330 e. The average molecular weight is 503 g/mol. The topological polar surface area (TPSA) is 78.9 Å². The standard InChI is InChI=1S/C31H38N2O4/c1-2-37-30(36)15-14-29(35)32-27-11-4-3-8-22(27)9-7-18-33-19-17-31-16-6-5-10-25(31)28(33)20-23-12-13-24(34)21-26(23)31/h3-4,8,11-15,21,25,28,34H,2,5-7,9-10,16-20H2,1H3,(H,32,35)/b15-14-/t25-,28+,31+/m0/s1. The summed E-state index contributed by atoms with van der Waals surface area (Å²) in [7, 11) is 0. The van der Waals surface area contributed by atoms with Crippen LogP contribution in [0.2, 0.25) is 0 Å². The van der Waals surface area contributed by atoms with Crippen LogP contribution in [0.5, 0.6) is 5.75 Å². The van der Waals surface area contributed by atoms with Crippen molar-refractivity contribution in [3.63, 3.8) is 0 Å². The molecule has 3 atom stereocenters. The number of phenolic OH excluding ortho intramolecular Hbond substituents is 1. The van der Waals surface area contributed by atoms with E-state index in [0.29, 0.717) is 17.7 Å². The van der Waals surface area contributed by atoms with Gasteiger partial charge < -0.3 is 15.2 Å². The van der Waals surface area contributed by atoms with Gasteiger partial charge in [-0.15, -0.1) is 0 Å². The number of nitrogens with zero attached hydrogens (tertiary/aromatic N) is 1. The molecule has 2 aromatic rings. The quantitative estimate of drug-likeness (QED) is 0.386. The van der Waals surface area contributed by atoms with Gasteiger partial charge in [0.1, 0.15) is 5.75 Å². The second kappa shape index (κ2) is 11.1. The minimum Gasteiger partial charge on any atom is -0.508 e. The van der Waals surface area contributed by atoms with Gasteiger partial charge in [-0.3, -0.25) is 9.69 Å². The lowest BCUT2D eigenvalue weighted by molar-refractivity contribution is -0.137. The van der Waals surface area contributed by atoms with Gasteiger partial charge >= 0.3 is 5.97 Å². The Bertz CT molecular complexity index is 1180. The van der Waals surface area contributed by atoms with Gasteiger partial charge in [-0.2, -0.15) is 0 Å². The van der Waals surface area contributed by atoms with Gasteiger partial charge in [0.25, 0.3) is 0 Å². The van der Waals surface area contributed by atoms with Crippen LogP contribution in [0.15, 0.2) is 54.6 Å². The molecule has 6 nitrogen and oxygen atoms in total. The van der Waals surface area contributed by atoms with Crippen LogP contribution < -0.4 is 5.32 Å². The Morgan fingerprint density at radius 3 is 2.89 bits per heavy atom. The summed E-state index contributed by atoms with van der Waals surface area (Å²) in [6, 6.07) is 14.5. The van der Waals surface area contributed by atoms with E-state index in [9.17, 15) is 14.7 Å². The molecule has 2 N–H and O–H groups in total. The lowest BCUT2D eigenvalue weighted by atomic mass is 9.52. The molecule has 6 heteroatoms. The summed E-state index contributed by atoms with van der Waals surface area (Å²) in [6.45, 7) is 4.16. The van der Waals surface area contributed by atoms with Crippen molar-refractivity contribution < 1.29 is 19.4 Å². The summed E-state index contributed by atoms with van der Waals surface area (Å²) in [5.74, 6) is 0.219. The first-order valence-corrected chi connectivity index (χ1v) is 13.8. The lowest BCUT2D eigenvalue weighted by Crippen LogP contribution is -2.61. The molecule has 2 aromatic carbocycles. The maximum Gasteiger partial charge on any atom is 0.330 e. The van der Waals surface area contributed by atoms with Crippen molar-refractivity contribution in [1.29, 1.82) is 0 Å². The van der Waals surface area contributed by atoms with E-state index in [1.165, 1.54) is 49.3 Å². The number of aryl methyl sites for hydroxylation is 1. The van der Waals surface area contributed by atoms with Gasteiger partial charge in [0.05, 0.1) is 6.61 Å². The van der Waals surface area contributed by atoms with Crippen molar-refractivity contribution in [2.45, 2.75) is 69.7 Å². The summed E-state index contributed by atoms with van der Waals surface area (Å²) < 4.78 is 4.84. The summed E-state index contributed by atoms with van der Waals surface area (Å²) in [4.78, 5) is 26.6. The maximum absolute atomic E-state index is 12.3. The number of carbonyl (C=O) groups excluding carboxylic acids is 2. The highest BCUT2D eigenvalue weighted by Gasteiger charge is 2.53. The molecule has 5 rings (SSSR count). The van der Waals surface area contributed by atoms with Crippen LogP contribution in [0.3, 0.4) is 0 Å². The van der Waals surface area contributed by atoms with Crippen LogP contribution >= 0.6 is 0 Å². The summed E-state index contributed by atoms with van der Waals surface area (Å²) >= 11 is 0. The third-order valence-corrected chi connectivity index (χ3v) is 8.76. The molecule has 2 bridgehead atoms. The largest absolute Gasteiger partial charge is 0.508 e. The van der Waals surface area contributed by atoms with E-state index < -0.39 is 5.97 Å². The van der Waals surface area contributed by atoms with Gasteiger partial charge in [-0.1, -0.05) is 37.1 Å². The van der Waals surface area contributed by atoms with Crippen molar-refractivity contribution in [1.82, 2.24) is 4.90 Å². The van der Waals surface area contributed by atoms with Crippen molar-refractivity contribution in [3.8, 4) is 5.75 Å². The molecular weight excluding hydrogens is 464 g/mol. The molecule has 2 aliphatic carbocycles. The highest BCUT2D eigenvalue weighted by molar-refractivity contribution is 6.02. The number of para-hydroxylation sites is 1. The highest BCUT2D eigenvalue weighted by atomic mass is 16.5. The number of hydrogen-bond acceptors (Lipinski definition) is 5. The first-order chi connectivity index (χ1) is 18.0. The van der Waals surface area contributed by atoms with E-state index in [1.54, 1.807) is 6.92 Å². The van der Waals surface area contributed by atoms with E-state index in [0.717, 1.165) is 49.7 Å². The van der Waals surface area contributed by atoms with Crippen LogP contribution in [0, 0.1) is 5.92 Å². The van der Waals surface area contributed by atoms with Gasteiger partial charge in [0.2, 0.25) is 5.91 Å². The third kappa shape index (κ3) is 5.30. The van der Waals surface area contributed by atoms with Gasteiger partial charge in [-0.05, 0) is 99.3 Å². The van der Waals surface area contributed by atoms with Crippen LogP contribution in [-0.2, 0) is 32.6 Å². The molecule has 1 aliphatic heterocycles. The van der Waals surface area contributed by atoms with Crippen molar-refractivity contribution in [2.24, 2.45) is 5.92 Å². The normalized spacial score (nSPS) is 24.8. The minimum absolute atomic E-state index is 0.236. The Hall–Kier alpha value is -3.12. The molecular formula is C31H38N2O4. The summed E-state index contributed by atoms with van der Waals surface area (Å²) in [5.41, 5.74) is 4.98. The van der Waals surface area contributed by atoms with E-state index in [1.807, 2.05) is 24.3 Å². The predicted molar refractivity (Wildman–Crippen MR) is 145 cm³/mol. The number of fused-ring (bicyclic) bond motifs is 1. The van der Waals surface area contributed by atoms with Crippen LogP contribution in [0.4, 0.5) is 5.69 Å². The molecule has 0 spiro atoms. The monoisotopic (exact) mass is 502 g/mol. The number of nitrogens with one attached hydrogen (secondary N) is 1. The molecule has 1 amide bonds. The van der Waals surface area contributed by atoms with Gasteiger partial charge in [-0.25, -0.2) is 4.79 Å². The van der Waals surface area contributed by atoms with Crippen molar-refractivity contribution in [2.75, 3.05) is 25.0 Å². The molecule has 0 unspecified atom stereocenters. The number of benzene rings is 2. The fourth-order valence-corrected chi connectivity index (χ4v) is 7.19. The summed E-state index contributed by atoms with van der Waals surface area (Å²) in [5, 5.41) is 13.2. The minimum atomic E-state index is -0.517. The number of amides is 1. The average Bonchev–Trinajstić information content (AvgIpc) is 2.90. The first kappa shape index (κ1) is 25.5. The summed E-state index contributed by atoms with van der Waals surface area (Å²) in [6.07, 6.45) is 11.6. The molecule has 3 aliphatic rings. The highest BCUT2D eigenvalue weighted by Crippen LogP contribution is 2.56. The number of likely N-dealkylation sites (tertiary alicyclic amines) is 1. The Balaban J connectivity index is 1.23. The number of aromatic hydroxyl groups is 1. The predicted octanol–water partition coefficient (Wildman–Crippen LogP) is 5.14. The second-order valence-electron chi connectivity index (χ2n) is 10.7. The van der Waals surface area contributed by atoms with E-state index in [-0.39, 0.29) is 17.9 Å². The van der Waals surface area contributed by atoms with E-state index in [4.69, 9.17) is 4.74 Å². The second-order valence-corrected chi connectivity index (χ2v) is 10.7. The molecule has 37 heavy (non-hydrogen) atoms.